The van der Waals surface area contributed by atoms with Gasteiger partial charge in [-0.05, 0) is 59.4 Å². The Labute approximate surface area is 195 Å². The molecule has 0 aromatic rings. The van der Waals surface area contributed by atoms with E-state index in [2.05, 4.69) is 83.1 Å². The van der Waals surface area contributed by atoms with Crippen LogP contribution < -0.4 is 0 Å². The predicted octanol–water partition coefficient (Wildman–Crippen LogP) is 7.29. The standard InChI is InChI=1S/C26H58O2Si2/c1-23(2,3)17-15-21(25(7,8)9)27-29-19-13-14-20-30-28-22(26(10,11)12)16-18-24(4,5)6/h21-22H,13-20,29-30H2,1-12H3. The molecule has 0 radical (unpaired) electrons. The molecule has 0 saturated carbocycles. The van der Waals surface area contributed by atoms with Crippen molar-refractivity contribution in [2.75, 3.05) is 0 Å². The van der Waals surface area contributed by atoms with Crippen molar-refractivity contribution < 1.29 is 8.85 Å². The van der Waals surface area contributed by atoms with E-state index in [1.165, 1.54) is 50.6 Å². The number of hydrogen-bond acceptors (Lipinski definition) is 2. The van der Waals surface area contributed by atoms with Crippen LogP contribution in [0.3, 0.4) is 0 Å². The second-order valence-corrected chi connectivity index (χ2v) is 17.0. The number of unbranched alkanes of at least 4 members (excludes halogenated alkanes) is 1. The Morgan fingerprint density at radius 3 is 1.07 bits per heavy atom. The van der Waals surface area contributed by atoms with Gasteiger partial charge in [-0.1, -0.05) is 95.9 Å². The van der Waals surface area contributed by atoms with Crippen molar-refractivity contribution in [2.45, 2.75) is 146 Å². The zero-order valence-corrected chi connectivity index (χ0v) is 25.9. The lowest BCUT2D eigenvalue weighted by molar-refractivity contribution is 0.0708. The molecule has 30 heavy (non-hydrogen) atoms. The molecular weight excluding hydrogens is 400 g/mol. The molecule has 0 heterocycles. The zero-order chi connectivity index (χ0) is 23.6. The van der Waals surface area contributed by atoms with Gasteiger partial charge in [-0.25, -0.2) is 0 Å². The van der Waals surface area contributed by atoms with Crippen molar-refractivity contribution in [3.8, 4) is 0 Å². The predicted molar refractivity (Wildman–Crippen MR) is 142 cm³/mol. The van der Waals surface area contributed by atoms with E-state index < -0.39 is 19.5 Å². The average molecular weight is 459 g/mol. The van der Waals surface area contributed by atoms with Gasteiger partial charge in [0.25, 0.3) is 0 Å². The lowest BCUT2D eigenvalue weighted by atomic mass is 9.81. The van der Waals surface area contributed by atoms with Crippen molar-refractivity contribution in [1.29, 1.82) is 0 Å². The fourth-order valence-corrected chi connectivity index (χ4v) is 7.02. The largest absolute Gasteiger partial charge is 0.421 e. The Bertz CT molecular complexity index is 394. The molecule has 0 aliphatic rings. The van der Waals surface area contributed by atoms with Crippen LogP contribution in [0.2, 0.25) is 12.1 Å². The van der Waals surface area contributed by atoms with Crippen molar-refractivity contribution >= 4 is 19.5 Å². The first kappa shape index (κ1) is 30.4. The highest BCUT2D eigenvalue weighted by atomic mass is 28.2. The van der Waals surface area contributed by atoms with Gasteiger partial charge >= 0.3 is 0 Å². The van der Waals surface area contributed by atoms with Crippen LogP contribution in [0.15, 0.2) is 0 Å². The summed E-state index contributed by atoms with van der Waals surface area (Å²) >= 11 is 0. The molecule has 0 aliphatic heterocycles. The fraction of sp³-hybridized carbons (Fsp3) is 1.00. The first-order chi connectivity index (χ1) is 13.4. The molecule has 0 saturated heterocycles. The molecule has 2 unspecified atom stereocenters. The summed E-state index contributed by atoms with van der Waals surface area (Å²) < 4.78 is 12.9. The van der Waals surface area contributed by atoms with Gasteiger partial charge in [0, 0.05) is 12.2 Å². The molecule has 0 fully saturated rings. The second kappa shape index (κ2) is 13.2. The molecule has 0 bridgehead atoms. The molecule has 0 amide bonds. The van der Waals surface area contributed by atoms with E-state index in [1.807, 2.05) is 0 Å². The van der Waals surface area contributed by atoms with Crippen molar-refractivity contribution in [1.82, 2.24) is 0 Å². The molecule has 0 aromatic carbocycles. The maximum atomic E-state index is 6.47. The molecule has 0 spiro atoms. The Kier molecular flexibility index (Phi) is 13.3. The molecule has 0 aliphatic carbocycles. The second-order valence-electron chi connectivity index (χ2n) is 14.1. The molecule has 0 aromatic heterocycles. The molecule has 2 nitrogen and oxygen atoms in total. The monoisotopic (exact) mass is 458 g/mol. The summed E-state index contributed by atoms with van der Waals surface area (Å²) in [6.45, 7) is 28.0. The Balaban J connectivity index is 4.10. The molecule has 0 rings (SSSR count). The van der Waals surface area contributed by atoms with E-state index in [0.717, 1.165) is 0 Å². The van der Waals surface area contributed by atoms with E-state index >= 15 is 0 Å². The van der Waals surface area contributed by atoms with Crippen LogP contribution in [-0.4, -0.2) is 31.7 Å². The normalized spacial score (nSPS) is 16.8. The fourth-order valence-electron chi connectivity index (χ4n) is 3.67. The van der Waals surface area contributed by atoms with E-state index in [9.17, 15) is 0 Å². The minimum absolute atomic E-state index is 0.258. The van der Waals surface area contributed by atoms with Crippen LogP contribution in [0, 0.1) is 21.7 Å². The highest BCUT2D eigenvalue weighted by Gasteiger charge is 2.27. The summed E-state index contributed by atoms with van der Waals surface area (Å²) in [5.74, 6) is 0. The maximum absolute atomic E-state index is 6.47. The van der Waals surface area contributed by atoms with Gasteiger partial charge in [-0.2, -0.15) is 0 Å². The summed E-state index contributed by atoms with van der Waals surface area (Å²) in [7, 11) is -0.803. The molecule has 2 atom stereocenters. The Hall–Kier alpha value is 0.354. The van der Waals surface area contributed by atoms with Gasteiger partial charge in [0.1, 0.15) is 0 Å². The summed E-state index contributed by atoms with van der Waals surface area (Å²) in [5.41, 5.74) is 1.32. The molecule has 182 valence electrons. The summed E-state index contributed by atoms with van der Waals surface area (Å²) in [6, 6.07) is 2.65. The van der Waals surface area contributed by atoms with Gasteiger partial charge < -0.3 is 8.85 Å². The van der Waals surface area contributed by atoms with E-state index in [0.29, 0.717) is 23.0 Å². The minimum atomic E-state index is -0.402. The van der Waals surface area contributed by atoms with Gasteiger partial charge in [-0.3, -0.25) is 0 Å². The topological polar surface area (TPSA) is 18.5 Å². The summed E-state index contributed by atoms with van der Waals surface area (Å²) in [6.07, 6.45) is 8.41. The highest BCUT2D eigenvalue weighted by Crippen LogP contribution is 2.32. The van der Waals surface area contributed by atoms with Crippen LogP contribution in [0.25, 0.3) is 0 Å². The lowest BCUT2D eigenvalue weighted by Gasteiger charge is -2.33. The van der Waals surface area contributed by atoms with E-state index in [-0.39, 0.29) is 10.8 Å². The zero-order valence-electron chi connectivity index (χ0n) is 23.0. The number of hydrogen-bond donors (Lipinski definition) is 0. The van der Waals surface area contributed by atoms with Gasteiger partial charge in [0.05, 0.1) is 0 Å². The van der Waals surface area contributed by atoms with Gasteiger partial charge in [-0.15, -0.1) is 0 Å². The smallest absolute Gasteiger partial charge is 0.162 e. The first-order valence-corrected chi connectivity index (χ1v) is 15.8. The molecule has 4 heteroatoms. The van der Waals surface area contributed by atoms with E-state index in [1.54, 1.807) is 0 Å². The first-order valence-electron chi connectivity index (χ1n) is 12.6. The molecule has 0 N–H and O–H groups in total. The van der Waals surface area contributed by atoms with Gasteiger partial charge in [0.15, 0.2) is 19.5 Å². The maximum Gasteiger partial charge on any atom is 0.162 e. The minimum Gasteiger partial charge on any atom is -0.421 e. The van der Waals surface area contributed by atoms with Gasteiger partial charge in [0.2, 0.25) is 0 Å². The summed E-state index contributed by atoms with van der Waals surface area (Å²) in [5, 5.41) is 0. The van der Waals surface area contributed by atoms with Crippen LogP contribution in [0.5, 0.6) is 0 Å². The van der Waals surface area contributed by atoms with Crippen LogP contribution >= 0.6 is 0 Å². The Morgan fingerprint density at radius 2 is 0.833 bits per heavy atom. The third-order valence-electron chi connectivity index (χ3n) is 5.92. The Morgan fingerprint density at radius 1 is 0.533 bits per heavy atom. The highest BCUT2D eigenvalue weighted by molar-refractivity contribution is 6.27. The molecular formula is C26H58O2Si2. The van der Waals surface area contributed by atoms with Crippen molar-refractivity contribution in [2.24, 2.45) is 21.7 Å². The third-order valence-corrected chi connectivity index (χ3v) is 8.78. The van der Waals surface area contributed by atoms with Crippen molar-refractivity contribution in [3.05, 3.63) is 0 Å². The number of rotatable bonds is 13. The quantitative estimate of drug-likeness (QED) is 0.213. The third kappa shape index (κ3) is 17.0. The average Bonchev–Trinajstić information content (AvgIpc) is 2.50. The lowest BCUT2D eigenvalue weighted by Crippen LogP contribution is -2.32. The van der Waals surface area contributed by atoms with E-state index in [4.69, 9.17) is 8.85 Å². The van der Waals surface area contributed by atoms with Crippen molar-refractivity contribution in [3.63, 3.8) is 0 Å². The van der Waals surface area contributed by atoms with Crippen LogP contribution in [-0.2, 0) is 8.85 Å². The van der Waals surface area contributed by atoms with Crippen LogP contribution in [0.4, 0.5) is 0 Å². The summed E-state index contributed by atoms with van der Waals surface area (Å²) in [4.78, 5) is 0. The van der Waals surface area contributed by atoms with Crippen LogP contribution in [0.1, 0.15) is 122 Å². The SMILES string of the molecule is CC(C)(C)CCC(O[SiH2]CCCC[SiH2]OC(CCC(C)(C)C)C(C)(C)C)C(C)(C)C.